The number of likely N-dealkylation sites (tertiary alicyclic amines) is 1. The van der Waals surface area contributed by atoms with Crippen molar-refractivity contribution in [2.45, 2.75) is 58.1 Å². The summed E-state index contributed by atoms with van der Waals surface area (Å²) in [6.45, 7) is 10.4. The van der Waals surface area contributed by atoms with Crippen molar-refractivity contribution in [3.8, 4) is 0 Å². The highest BCUT2D eigenvalue weighted by Gasteiger charge is 2.47. The number of esters is 1. The first kappa shape index (κ1) is 19.5. The van der Waals surface area contributed by atoms with Crippen LogP contribution in [-0.4, -0.2) is 36.2 Å². The average Bonchev–Trinajstić information content (AvgIpc) is 2.58. The van der Waals surface area contributed by atoms with Gasteiger partial charge in [0, 0.05) is 6.54 Å². The molecule has 146 valence electrons. The van der Waals surface area contributed by atoms with Crippen LogP contribution in [0.15, 0.2) is 36.4 Å². The molecule has 0 N–H and O–H groups in total. The summed E-state index contributed by atoms with van der Waals surface area (Å²) in [5.41, 5.74) is 2.52. The minimum Gasteiger partial charge on any atom is -0.465 e. The summed E-state index contributed by atoms with van der Waals surface area (Å²) in [5, 5.41) is 0. The highest BCUT2D eigenvalue weighted by Crippen LogP contribution is 2.56. The number of benzene rings is 1. The second kappa shape index (κ2) is 7.02. The number of amides is 1. The Labute approximate surface area is 161 Å². The van der Waals surface area contributed by atoms with E-state index in [1.165, 1.54) is 12.7 Å². The molecule has 2 aliphatic rings. The number of carbonyl (C=O) groups excluding carboxylic acids is 2. The molecule has 1 saturated carbocycles. The van der Waals surface area contributed by atoms with E-state index in [0.29, 0.717) is 12.1 Å². The van der Waals surface area contributed by atoms with Crippen LogP contribution in [0.3, 0.4) is 0 Å². The number of hydrogen-bond donors (Lipinski definition) is 0. The zero-order chi connectivity index (χ0) is 19.8. The van der Waals surface area contributed by atoms with Crippen LogP contribution < -0.4 is 0 Å². The Balaban J connectivity index is 1.86. The molecule has 3 rings (SSSR count). The van der Waals surface area contributed by atoms with Gasteiger partial charge < -0.3 is 14.4 Å². The van der Waals surface area contributed by atoms with E-state index in [9.17, 15) is 9.59 Å². The normalized spacial score (nSPS) is 21.6. The average molecular weight is 371 g/mol. The Bertz CT molecular complexity index is 737. The van der Waals surface area contributed by atoms with Gasteiger partial charge in [0.15, 0.2) is 0 Å². The summed E-state index contributed by atoms with van der Waals surface area (Å²) < 4.78 is 10.4. The van der Waals surface area contributed by atoms with Crippen LogP contribution in [0.5, 0.6) is 0 Å². The molecule has 0 bridgehead atoms. The van der Waals surface area contributed by atoms with Gasteiger partial charge in [-0.05, 0) is 69.6 Å². The van der Waals surface area contributed by atoms with Gasteiger partial charge in [-0.2, -0.15) is 0 Å². The molecule has 1 saturated heterocycles. The lowest BCUT2D eigenvalue weighted by Crippen LogP contribution is -2.49. The molecule has 1 aromatic carbocycles. The third-order valence-electron chi connectivity index (χ3n) is 5.48. The number of methoxy groups -OCH3 is 1. The van der Waals surface area contributed by atoms with Gasteiger partial charge in [0.2, 0.25) is 0 Å². The van der Waals surface area contributed by atoms with Crippen LogP contribution in [0.2, 0.25) is 0 Å². The summed E-state index contributed by atoms with van der Waals surface area (Å²) in [5.74, 6) is -0.360. The molecule has 27 heavy (non-hydrogen) atoms. The summed E-state index contributed by atoms with van der Waals surface area (Å²) in [7, 11) is 1.37. The first-order chi connectivity index (χ1) is 12.6. The summed E-state index contributed by atoms with van der Waals surface area (Å²) in [6, 6.07) is 7.29. The van der Waals surface area contributed by atoms with Gasteiger partial charge in [-0.25, -0.2) is 9.59 Å². The SMILES string of the molecule is C=C1CC2(CCN(C(=O)OC(C)(C)C)[C@H](c3ccc(C(=O)OC)cc3)C2)C1. The van der Waals surface area contributed by atoms with Crippen molar-refractivity contribution in [2.24, 2.45) is 5.41 Å². The Morgan fingerprint density at radius 3 is 2.33 bits per heavy atom. The smallest absolute Gasteiger partial charge is 0.410 e. The van der Waals surface area contributed by atoms with Crippen molar-refractivity contribution in [3.05, 3.63) is 47.5 Å². The lowest BCUT2D eigenvalue weighted by atomic mass is 9.59. The van der Waals surface area contributed by atoms with E-state index in [2.05, 4.69) is 6.58 Å². The van der Waals surface area contributed by atoms with E-state index in [4.69, 9.17) is 9.47 Å². The third-order valence-corrected chi connectivity index (χ3v) is 5.48. The molecular formula is C22H29NO4. The largest absolute Gasteiger partial charge is 0.465 e. The first-order valence-corrected chi connectivity index (χ1v) is 9.47. The van der Waals surface area contributed by atoms with Crippen molar-refractivity contribution in [1.29, 1.82) is 0 Å². The van der Waals surface area contributed by atoms with Gasteiger partial charge in [0.25, 0.3) is 0 Å². The monoisotopic (exact) mass is 371 g/mol. The maximum absolute atomic E-state index is 12.8. The minimum atomic E-state index is -0.531. The van der Waals surface area contributed by atoms with E-state index in [-0.39, 0.29) is 23.5 Å². The molecule has 2 fully saturated rings. The first-order valence-electron chi connectivity index (χ1n) is 9.47. The number of allylic oxidation sites excluding steroid dienone is 1. The maximum Gasteiger partial charge on any atom is 0.410 e. The molecule has 5 heteroatoms. The molecule has 0 unspecified atom stereocenters. The number of hydrogen-bond acceptors (Lipinski definition) is 4. The lowest BCUT2D eigenvalue weighted by Gasteiger charge is -2.52. The number of piperidine rings is 1. The zero-order valence-electron chi connectivity index (χ0n) is 16.7. The van der Waals surface area contributed by atoms with Crippen molar-refractivity contribution in [1.82, 2.24) is 4.90 Å². The molecule has 1 aliphatic heterocycles. The highest BCUT2D eigenvalue weighted by atomic mass is 16.6. The third kappa shape index (κ3) is 4.18. The standard InChI is InChI=1S/C22H29NO4/c1-15-12-22(13-15)10-11-23(20(25)27-21(2,3)4)18(14-22)16-6-8-17(9-7-16)19(24)26-5/h6-9,18H,1,10-14H2,2-5H3/t18-/m0/s1. The second-order valence-electron chi connectivity index (χ2n) is 8.86. The van der Waals surface area contributed by atoms with Crippen molar-refractivity contribution < 1.29 is 19.1 Å². The van der Waals surface area contributed by atoms with Crippen molar-refractivity contribution in [3.63, 3.8) is 0 Å². The Morgan fingerprint density at radius 2 is 1.81 bits per heavy atom. The fraction of sp³-hybridized carbons (Fsp3) is 0.545. The number of ether oxygens (including phenoxy) is 2. The van der Waals surface area contributed by atoms with Crippen LogP contribution in [0, 0.1) is 5.41 Å². The van der Waals surface area contributed by atoms with Gasteiger partial charge in [0.1, 0.15) is 5.60 Å². The Hall–Kier alpha value is -2.30. The predicted octanol–water partition coefficient (Wildman–Crippen LogP) is 4.88. The quantitative estimate of drug-likeness (QED) is 0.549. The fourth-order valence-corrected chi connectivity index (χ4v) is 4.26. The molecule has 1 spiro atoms. The molecule has 1 amide bonds. The van der Waals surface area contributed by atoms with E-state index in [1.807, 2.05) is 37.8 Å². The minimum absolute atomic E-state index is 0.0617. The fourth-order valence-electron chi connectivity index (χ4n) is 4.26. The zero-order valence-corrected chi connectivity index (χ0v) is 16.7. The van der Waals surface area contributed by atoms with E-state index >= 15 is 0 Å². The van der Waals surface area contributed by atoms with E-state index in [1.54, 1.807) is 12.1 Å². The molecule has 1 aliphatic carbocycles. The predicted molar refractivity (Wildman–Crippen MR) is 104 cm³/mol. The summed E-state index contributed by atoms with van der Waals surface area (Å²) >= 11 is 0. The van der Waals surface area contributed by atoms with Gasteiger partial charge in [0.05, 0.1) is 18.7 Å². The highest BCUT2D eigenvalue weighted by molar-refractivity contribution is 5.89. The van der Waals surface area contributed by atoms with Crippen LogP contribution in [-0.2, 0) is 9.47 Å². The molecule has 1 atom stereocenters. The van der Waals surface area contributed by atoms with Crippen LogP contribution in [0.25, 0.3) is 0 Å². The van der Waals surface area contributed by atoms with Crippen LogP contribution >= 0.6 is 0 Å². The van der Waals surface area contributed by atoms with E-state index < -0.39 is 5.60 Å². The lowest BCUT2D eigenvalue weighted by molar-refractivity contribution is -0.0175. The molecule has 5 nitrogen and oxygen atoms in total. The summed E-state index contributed by atoms with van der Waals surface area (Å²) in [4.78, 5) is 26.4. The van der Waals surface area contributed by atoms with Crippen LogP contribution in [0.4, 0.5) is 4.79 Å². The van der Waals surface area contributed by atoms with Gasteiger partial charge in [-0.3, -0.25) is 0 Å². The Kier molecular flexibility index (Phi) is 5.06. The van der Waals surface area contributed by atoms with Crippen LogP contribution in [0.1, 0.15) is 68.4 Å². The maximum atomic E-state index is 12.8. The number of nitrogens with zero attached hydrogens (tertiary/aromatic N) is 1. The molecule has 1 heterocycles. The molecule has 0 aromatic heterocycles. The second-order valence-corrected chi connectivity index (χ2v) is 8.86. The topological polar surface area (TPSA) is 55.8 Å². The number of carbonyl (C=O) groups is 2. The van der Waals surface area contributed by atoms with E-state index in [0.717, 1.165) is 31.2 Å². The summed E-state index contributed by atoms with van der Waals surface area (Å²) in [6.07, 6.45) is 3.65. The van der Waals surface area contributed by atoms with Crippen molar-refractivity contribution >= 4 is 12.1 Å². The number of rotatable bonds is 2. The molecule has 1 aromatic rings. The van der Waals surface area contributed by atoms with Crippen molar-refractivity contribution in [2.75, 3.05) is 13.7 Å². The van der Waals surface area contributed by atoms with Gasteiger partial charge in [-0.15, -0.1) is 0 Å². The molecule has 0 radical (unpaired) electrons. The Morgan fingerprint density at radius 1 is 1.19 bits per heavy atom. The van der Waals surface area contributed by atoms with Gasteiger partial charge in [-0.1, -0.05) is 24.3 Å². The molecular weight excluding hydrogens is 342 g/mol. The van der Waals surface area contributed by atoms with Gasteiger partial charge >= 0.3 is 12.1 Å².